The van der Waals surface area contributed by atoms with Gasteiger partial charge in [-0.15, -0.1) is 0 Å². The highest BCUT2D eigenvalue weighted by molar-refractivity contribution is 5.91. The van der Waals surface area contributed by atoms with Crippen molar-refractivity contribution in [2.75, 3.05) is 23.8 Å². The molecule has 4 rings (SSSR count). The monoisotopic (exact) mass is 398 g/mol. The molecule has 1 amide bonds. The number of rotatable bonds is 6. The van der Waals surface area contributed by atoms with Crippen molar-refractivity contribution in [2.24, 2.45) is 7.05 Å². The predicted molar refractivity (Wildman–Crippen MR) is 110 cm³/mol. The zero-order chi connectivity index (χ0) is 20.4. The fourth-order valence-electron chi connectivity index (χ4n) is 3.63. The summed E-state index contributed by atoms with van der Waals surface area (Å²) >= 11 is 0. The van der Waals surface area contributed by atoms with Gasteiger partial charge >= 0.3 is 5.69 Å². The number of fused-ring (bicyclic) bond motifs is 1. The van der Waals surface area contributed by atoms with E-state index in [1.165, 1.54) is 15.2 Å². The summed E-state index contributed by atoms with van der Waals surface area (Å²) in [4.78, 5) is 24.9. The molecule has 1 aliphatic rings. The minimum absolute atomic E-state index is 0.104. The number of imidazole rings is 1. The molecule has 0 bridgehead atoms. The fraction of sp³-hybridized carbons (Fsp3) is 0.333. The number of ether oxygens (including phenoxy) is 1. The average molecular weight is 398 g/mol. The highest BCUT2D eigenvalue weighted by atomic mass is 19.1. The molecule has 1 aromatic heterocycles. The number of amides is 1. The first-order valence-electron chi connectivity index (χ1n) is 9.62. The van der Waals surface area contributed by atoms with Crippen LogP contribution in [0.2, 0.25) is 0 Å². The van der Waals surface area contributed by atoms with Crippen molar-refractivity contribution in [1.29, 1.82) is 0 Å². The van der Waals surface area contributed by atoms with Crippen molar-refractivity contribution in [3.63, 3.8) is 0 Å². The standard InChI is InChI=1S/C21H23FN4O3/c1-25-18-6-2-3-7-19(18)26(21(25)28)13-20(27)24-14-8-9-17(16(22)11-14)23-12-15-5-4-10-29-15/h2-3,6-9,11,15,23H,4-5,10,12-13H2,1H3,(H,24,27). The normalized spacial score (nSPS) is 16.3. The molecule has 2 aromatic carbocycles. The highest BCUT2D eigenvalue weighted by Crippen LogP contribution is 2.21. The lowest BCUT2D eigenvalue weighted by atomic mass is 10.2. The van der Waals surface area contributed by atoms with Gasteiger partial charge in [0.05, 0.1) is 22.8 Å². The van der Waals surface area contributed by atoms with Gasteiger partial charge in [-0.1, -0.05) is 12.1 Å². The molecule has 2 N–H and O–H groups in total. The van der Waals surface area contributed by atoms with Crippen molar-refractivity contribution in [3.8, 4) is 0 Å². The third-order valence-electron chi connectivity index (χ3n) is 5.15. The summed E-state index contributed by atoms with van der Waals surface area (Å²) in [6.07, 6.45) is 2.10. The minimum atomic E-state index is -0.455. The van der Waals surface area contributed by atoms with Crippen molar-refractivity contribution in [3.05, 3.63) is 58.8 Å². The Kier molecular flexibility index (Phi) is 5.35. The summed E-state index contributed by atoms with van der Waals surface area (Å²) in [6.45, 7) is 1.15. The molecule has 1 atom stereocenters. The number of aryl methyl sites for hydroxylation is 1. The van der Waals surface area contributed by atoms with Crippen LogP contribution in [0, 0.1) is 5.82 Å². The van der Waals surface area contributed by atoms with Crippen molar-refractivity contribution in [1.82, 2.24) is 9.13 Å². The Bertz CT molecular complexity index is 1100. The number of anilines is 2. The first kappa shape index (κ1) is 19.2. The predicted octanol–water partition coefficient (Wildman–Crippen LogP) is 2.71. The summed E-state index contributed by atoms with van der Waals surface area (Å²) in [5.74, 6) is -0.856. The molecule has 0 radical (unpaired) electrons. The number of para-hydroxylation sites is 2. The Morgan fingerprint density at radius 2 is 2.03 bits per heavy atom. The van der Waals surface area contributed by atoms with Crippen molar-refractivity contribution in [2.45, 2.75) is 25.5 Å². The Morgan fingerprint density at radius 1 is 1.24 bits per heavy atom. The molecule has 7 nitrogen and oxygen atoms in total. The van der Waals surface area contributed by atoms with Crippen LogP contribution in [0.25, 0.3) is 11.0 Å². The number of carbonyl (C=O) groups excluding carboxylic acids is 1. The van der Waals surface area contributed by atoms with E-state index >= 15 is 0 Å². The molecule has 3 aromatic rings. The zero-order valence-corrected chi connectivity index (χ0v) is 16.2. The van der Waals surface area contributed by atoms with Gasteiger partial charge in [0.25, 0.3) is 0 Å². The quantitative estimate of drug-likeness (QED) is 0.669. The molecule has 1 unspecified atom stereocenters. The van der Waals surface area contributed by atoms with Crippen LogP contribution in [-0.4, -0.2) is 34.3 Å². The molecule has 8 heteroatoms. The molecule has 0 spiro atoms. The van der Waals surface area contributed by atoms with Crippen LogP contribution in [-0.2, 0) is 23.1 Å². The number of hydrogen-bond donors (Lipinski definition) is 2. The molecule has 0 aliphatic carbocycles. The number of carbonyl (C=O) groups is 1. The van der Waals surface area contributed by atoms with E-state index in [0.29, 0.717) is 23.4 Å². The van der Waals surface area contributed by atoms with Gasteiger partial charge < -0.3 is 15.4 Å². The first-order valence-corrected chi connectivity index (χ1v) is 9.62. The van der Waals surface area contributed by atoms with E-state index in [0.717, 1.165) is 25.0 Å². The number of aromatic nitrogens is 2. The number of halogens is 1. The molecule has 2 heterocycles. The van der Waals surface area contributed by atoms with Crippen LogP contribution in [0.4, 0.5) is 15.8 Å². The maximum Gasteiger partial charge on any atom is 0.329 e. The van der Waals surface area contributed by atoms with Gasteiger partial charge in [0.15, 0.2) is 0 Å². The van der Waals surface area contributed by atoms with E-state index in [1.807, 2.05) is 18.2 Å². The van der Waals surface area contributed by atoms with E-state index < -0.39 is 11.7 Å². The van der Waals surface area contributed by atoms with Crippen LogP contribution < -0.4 is 16.3 Å². The van der Waals surface area contributed by atoms with Crippen molar-refractivity contribution >= 4 is 28.3 Å². The maximum atomic E-state index is 14.4. The smallest absolute Gasteiger partial charge is 0.329 e. The second-order valence-corrected chi connectivity index (χ2v) is 7.18. The van der Waals surface area contributed by atoms with Gasteiger partial charge in [0.1, 0.15) is 12.4 Å². The fourth-order valence-corrected chi connectivity index (χ4v) is 3.63. The number of nitrogens with zero attached hydrogens (tertiary/aromatic N) is 2. The van der Waals surface area contributed by atoms with Gasteiger partial charge in [-0.25, -0.2) is 9.18 Å². The summed E-state index contributed by atoms with van der Waals surface area (Å²) in [6, 6.07) is 11.7. The second-order valence-electron chi connectivity index (χ2n) is 7.18. The number of hydrogen-bond acceptors (Lipinski definition) is 4. The highest BCUT2D eigenvalue weighted by Gasteiger charge is 2.16. The summed E-state index contributed by atoms with van der Waals surface area (Å²) in [7, 11) is 1.66. The Hall–Kier alpha value is -3.13. The van der Waals surface area contributed by atoms with Gasteiger partial charge in [0.2, 0.25) is 5.91 Å². The molecule has 152 valence electrons. The SMILES string of the molecule is Cn1c(=O)n(CC(=O)Nc2ccc(NCC3CCCO3)c(F)c2)c2ccccc21. The van der Waals surface area contributed by atoms with E-state index in [9.17, 15) is 14.0 Å². The maximum absolute atomic E-state index is 14.4. The van der Waals surface area contributed by atoms with Gasteiger partial charge in [-0.3, -0.25) is 13.9 Å². The third-order valence-corrected chi connectivity index (χ3v) is 5.15. The lowest BCUT2D eigenvalue weighted by Crippen LogP contribution is -2.28. The van der Waals surface area contributed by atoms with E-state index in [4.69, 9.17) is 4.74 Å². The number of benzene rings is 2. The minimum Gasteiger partial charge on any atom is -0.380 e. The number of nitrogens with one attached hydrogen (secondary N) is 2. The van der Waals surface area contributed by atoms with Gasteiger partial charge in [0, 0.05) is 25.9 Å². The van der Waals surface area contributed by atoms with Crippen LogP contribution in [0.3, 0.4) is 0 Å². The Balaban J connectivity index is 1.43. The average Bonchev–Trinajstić information content (AvgIpc) is 3.31. The molecule has 29 heavy (non-hydrogen) atoms. The lowest BCUT2D eigenvalue weighted by Gasteiger charge is -2.13. The molecule has 0 saturated carbocycles. The summed E-state index contributed by atoms with van der Waals surface area (Å²) in [5, 5.41) is 5.70. The molecule has 1 fully saturated rings. The van der Waals surface area contributed by atoms with Crippen LogP contribution in [0.5, 0.6) is 0 Å². The first-order chi connectivity index (χ1) is 14.0. The van der Waals surface area contributed by atoms with Crippen LogP contribution in [0.15, 0.2) is 47.3 Å². The van der Waals surface area contributed by atoms with Crippen LogP contribution >= 0.6 is 0 Å². The third kappa shape index (κ3) is 4.02. The summed E-state index contributed by atoms with van der Waals surface area (Å²) in [5.41, 5.74) is 1.85. The van der Waals surface area contributed by atoms with E-state index in [1.54, 1.807) is 25.2 Å². The molecular weight excluding hydrogens is 375 g/mol. The van der Waals surface area contributed by atoms with Gasteiger partial charge in [-0.2, -0.15) is 0 Å². The summed E-state index contributed by atoms with van der Waals surface area (Å²) < 4.78 is 22.8. The zero-order valence-electron chi connectivity index (χ0n) is 16.2. The Labute approximate surface area is 167 Å². The van der Waals surface area contributed by atoms with Gasteiger partial charge in [-0.05, 0) is 43.2 Å². The van der Waals surface area contributed by atoms with E-state index in [-0.39, 0.29) is 18.3 Å². The van der Waals surface area contributed by atoms with E-state index in [2.05, 4.69) is 10.6 Å². The lowest BCUT2D eigenvalue weighted by molar-refractivity contribution is -0.116. The molecular formula is C21H23FN4O3. The molecule has 1 saturated heterocycles. The largest absolute Gasteiger partial charge is 0.380 e. The van der Waals surface area contributed by atoms with Crippen LogP contribution in [0.1, 0.15) is 12.8 Å². The Morgan fingerprint density at radius 3 is 2.76 bits per heavy atom. The molecule has 1 aliphatic heterocycles. The topological polar surface area (TPSA) is 77.3 Å². The van der Waals surface area contributed by atoms with Crippen molar-refractivity contribution < 1.29 is 13.9 Å². The second kappa shape index (κ2) is 8.08.